The van der Waals surface area contributed by atoms with Crippen molar-refractivity contribution in [2.24, 2.45) is 23.3 Å². The van der Waals surface area contributed by atoms with Crippen LogP contribution in [0.15, 0.2) is 24.3 Å². The van der Waals surface area contributed by atoms with E-state index in [0.29, 0.717) is 0 Å². The van der Waals surface area contributed by atoms with Gasteiger partial charge >= 0.3 is 0 Å². The van der Waals surface area contributed by atoms with Gasteiger partial charge in [-0.25, -0.2) is 0 Å². The number of carbonyl (C=O) groups is 6. The van der Waals surface area contributed by atoms with Crippen LogP contribution in [0, 0.1) is 11.8 Å². The maximum Gasteiger partial charge on any atom is 0.262 e. The first kappa shape index (κ1) is 25.0. The van der Waals surface area contributed by atoms with Gasteiger partial charge in [0.25, 0.3) is 23.6 Å². The highest BCUT2D eigenvalue weighted by Gasteiger charge is 2.45. The van der Waals surface area contributed by atoms with Crippen LogP contribution in [0.2, 0.25) is 0 Å². The second kappa shape index (κ2) is 8.85. The zero-order valence-electron chi connectivity index (χ0n) is 20.5. The van der Waals surface area contributed by atoms with Crippen molar-refractivity contribution in [1.29, 1.82) is 0 Å². The Bertz CT molecular complexity index is 1190. The Morgan fingerprint density at radius 3 is 1.06 bits per heavy atom. The van der Waals surface area contributed by atoms with Crippen LogP contribution < -0.4 is 11.5 Å². The lowest BCUT2D eigenvalue weighted by Crippen LogP contribution is -2.54. The van der Waals surface area contributed by atoms with Crippen molar-refractivity contribution in [3.8, 4) is 0 Å². The number of benzene rings is 2. The number of nitrogens with two attached hydrogens (primary N) is 2. The van der Waals surface area contributed by atoms with E-state index in [2.05, 4.69) is 0 Å². The summed E-state index contributed by atoms with van der Waals surface area (Å²) in [6, 6.07) is 3.29. The van der Waals surface area contributed by atoms with E-state index in [1.54, 1.807) is 0 Å². The van der Waals surface area contributed by atoms with Crippen LogP contribution in [0.25, 0.3) is 10.8 Å². The minimum Gasteiger partial charge on any atom is -0.368 e. The number of hydrogen-bond donors (Lipinski definition) is 2. The Labute approximate surface area is 207 Å². The molecule has 0 saturated carbocycles. The topological polar surface area (TPSA) is 161 Å². The molecular formula is C26H28N4O6. The highest BCUT2D eigenvalue weighted by atomic mass is 16.2. The number of primary amides is 2. The average molecular weight is 493 g/mol. The first-order valence-corrected chi connectivity index (χ1v) is 11.8. The van der Waals surface area contributed by atoms with Gasteiger partial charge in [0.1, 0.15) is 12.1 Å². The van der Waals surface area contributed by atoms with Crippen molar-refractivity contribution >= 4 is 46.2 Å². The summed E-state index contributed by atoms with van der Waals surface area (Å²) in [6.07, 6.45) is 0.384. The summed E-state index contributed by atoms with van der Waals surface area (Å²) in [5, 5.41) is 0.342. The van der Waals surface area contributed by atoms with Crippen LogP contribution in [-0.4, -0.2) is 57.3 Å². The number of hydrogen-bond acceptors (Lipinski definition) is 6. The molecule has 2 aliphatic heterocycles. The molecule has 0 aliphatic carbocycles. The maximum absolute atomic E-state index is 13.5. The number of carbonyl (C=O) groups excluding carboxylic acids is 6. The van der Waals surface area contributed by atoms with Crippen LogP contribution in [0.3, 0.4) is 0 Å². The fourth-order valence-corrected chi connectivity index (χ4v) is 5.07. The molecule has 4 N–H and O–H groups in total. The van der Waals surface area contributed by atoms with E-state index < -0.39 is 47.5 Å². The third-order valence-electron chi connectivity index (χ3n) is 6.63. The van der Waals surface area contributed by atoms with Crippen LogP contribution in [0.4, 0.5) is 0 Å². The van der Waals surface area contributed by atoms with Gasteiger partial charge in [-0.05, 0) is 48.9 Å². The normalized spacial score (nSPS) is 16.8. The van der Waals surface area contributed by atoms with Gasteiger partial charge in [-0.3, -0.25) is 38.6 Å². The molecule has 0 saturated heterocycles. The van der Waals surface area contributed by atoms with Gasteiger partial charge in [-0.2, -0.15) is 0 Å². The molecule has 36 heavy (non-hydrogen) atoms. The molecule has 2 aromatic carbocycles. The summed E-state index contributed by atoms with van der Waals surface area (Å²) < 4.78 is 0. The van der Waals surface area contributed by atoms with Crippen molar-refractivity contribution < 1.29 is 28.8 Å². The van der Waals surface area contributed by atoms with Gasteiger partial charge in [-0.1, -0.05) is 27.7 Å². The fourth-order valence-electron chi connectivity index (χ4n) is 5.07. The Hall–Kier alpha value is -4.08. The van der Waals surface area contributed by atoms with E-state index in [9.17, 15) is 28.8 Å². The van der Waals surface area contributed by atoms with Crippen LogP contribution in [-0.2, 0) is 9.59 Å². The minimum absolute atomic E-state index is 0.0230. The van der Waals surface area contributed by atoms with Crippen molar-refractivity contribution in [2.45, 2.75) is 52.6 Å². The summed E-state index contributed by atoms with van der Waals surface area (Å²) in [6.45, 7) is 7.37. The zero-order chi connectivity index (χ0) is 26.6. The molecule has 0 aromatic heterocycles. The molecule has 2 aromatic rings. The van der Waals surface area contributed by atoms with E-state index in [1.807, 2.05) is 27.7 Å². The summed E-state index contributed by atoms with van der Waals surface area (Å²) in [7, 11) is 0. The molecule has 0 spiro atoms. The van der Waals surface area contributed by atoms with E-state index in [1.165, 1.54) is 24.3 Å². The Kier molecular flexibility index (Phi) is 6.15. The molecule has 0 unspecified atom stereocenters. The standard InChI is InChI=1S/C26H28N4O6/c1-11(2)9-17(21(27)31)29-23(33)13-5-7-15-20-16(8-6-14(19(13)20)24(29)34)26(36)30(25(15)35)18(22(28)32)10-12(3)4/h5-8,11-12,17-18H,9-10H2,1-4H3,(H2,27,31)(H2,28,32)/t17-,18-/m0/s1. The first-order valence-electron chi connectivity index (χ1n) is 11.8. The zero-order valence-corrected chi connectivity index (χ0v) is 20.5. The van der Waals surface area contributed by atoms with Crippen molar-refractivity contribution in [3.63, 3.8) is 0 Å². The quantitative estimate of drug-likeness (QED) is 0.534. The first-order chi connectivity index (χ1) is 16.9. The van der Waals surface area contributed by atoms with E-state index >= 15 is 0 Å². The summed E-state index contributed by atoms with van der Waals surface area (Å²) in [5.41, 5.74) is 11.5. The molecule has 10 nitrogen and oxygen atoms in total. The van der Waals surface area contributed by atoms with Crippen molar-refractivity contribution in [3.05, 3.63) is 46.5 Å². The van der Waals surface area contributed by atoms with Crippen molar-refractivity contribution in [2.75, 3.05) is 0 Å². The molecule has 2 heterocycles. The van der Waals surface area contributed by atoms with Crippen LogP contribution in [0.1, 0.15) is 82.0 Å². The predicted octanol–water partition coefficient (Wildman–Crippen LogP) is 1.83. The molecule has 188 valence electrons. The second-order valence-corrected chi connectivity index (χ2v) is 10.1. The monoisotopic (exact) mass is 492 g/mol. The van der Waals surface area contributed by atoms with E-state index in [-0.39, 0.29) is 57.7 Å². The molecule has 0 fully saturated rings. The molecule has 6 amide bonds. The number of imide groups is 2. The lowest BCUT2D eigenvalue weighted by molar-refractivity contribution is -0.123. The highest BCUT2D eigenvalue weighted by molar-refractivity contribution is 6.34. The third-order valence-corrected chi connectivity index (χ3v) is 6.63. The Morgan fingerprint density at radius 1 is 0.611 bits per heavy atom. The smallest absolute Gasteiger partial charge is 0.262 e. The van der Waals surface area contributed by atoms with Gasteiger partial charge < -0.3 is 11.5 Å². The number of amides is 6. The summed E-state index contributed by atoms with van der Waals surface area (Å²) >= 11 is 0. The summed E-state index contributed by atoms with van der Waals surface area (Å²) in [5.74, 6) is -4.55. The summed E-state index contributed by atoms with van der Waals surface area (Å²) in [4.78, 5) is 80.0. The number of rotatable bonds is 8. The molecule has 10 heteroatoms. The molecule has 2 atom stereocenters. The maximum atomic E-state index is 13.5. The average Bonchev–Trinajstić information content (AvgIpc) is 2.79. The van der Waals surface area contributed by atoms with Gasteiger partial charge in [0, 0.05) is 33.0 Å². The van der Waals surface area contributed by atoms with Crippen molar-refractivity contribution in [1.82, 2.24) is 9.80 Å². The largest absolute Gasteiger partial charge is 0.368 e. The van der Waals surface area contributed by atoms with Gasteiger partial charge in [0.2, 0.25) is 11.8 Å². The predicted molar refractivity (Wildman–Crippen MR) is 130 cm³/mol. The van der Waals surface area contributed by atoms with Gasteiger partial charge in [0.05, 0.1) is 0 Å². The molecule has 0 radical (unpaired) electrons. The van der Waals surface area contributed by atoms with E-state index in [4.69, 9.17) is 11.5 Å². The third kappa shape index (κ3) is 3.73. The van der Waals surface area contributed by atoms with E-state index in [0.717, 1.165) is 9.80 Å². The van der Waals surface area contributed by atoms with Gasteiger partial charge in [-0.15, -0.1) is 0 Å². The number of nitrogens with zero attached hydrogens (tertiary/aromatic N) is 2. The lowest BCUT2D eigenvalue weighted by Gasteiger charge is -2.36. The van der Waals surface area contributed by atoms with Crippen LogP contribution in [0.5, 0.6) is 0 Å². The Morgan fingerprint density at radius 2 is 0.861 bits per heavy atom. The molecule has 0 bridgehead atoms. The molecular weight excluding hydrogens is 464 g/mol. The fraction of sp³-hybridized carbons (Fsp3) is 0.385. The minimum atomic E-state index is -1.15. The lowest BCUT2D eigenvalue weighted by atomic mass is 9.84. The SMILES string of the molecule is CC(C)C[C@@H](C(N)=O)N1C(=O)c2ccc3c4c(ccc(c24)C1=O)C(=O)N([C@@H](CC(C)C)C(N)=O)C3=O. The molecule has 4 rings (SSSR count). The van der Waals surface area contributed by atoms with Gasteiger partial charge in [0.15, 0.2) is 0 Å². The highest BCUT2D eigenvalue weighted by Crippen LogP contribution is 2.39. The van der Waals surface area contributed by atoms with Crippen LogP contribution >= 0.6 is 0 Å². The Balaban J connectivity index is 1.90. The second-order valence-electron chi connectivity index (χ2n) is 10.1. The molecule has 2 aliphatic rings.